The van der Waals surface area contributed by atoms with Crippen LogP contribution < -0.4 is 0 Å². The van der Waals surface area contributed by atoms with Gasteiger partial charge in [-0.15, -0.1) is 0 Å². The Labute approximate surface area is 75.3 Å². The molecule has 0 saturated carbocycles. The first-order chi connectivity index (χ1) is 6.31. The van der Waals surface area contributed by atoms with Crippen LogP contribution in [-0.2, 0) is 4.74 Å². The lowest BCUT2D eigenvalue weighted by atomic mass is 10.0. The van der Waals surface area contributed by atoms with Gasteiger partial charge in [-0.05, 0) is 18.2 Å². The van der Waals surface area contributed by atoms with Crippen LogP contribution in [0.25, 0.3) is 0 Å². The Morgan fingerprint density at radius 2 is 2.08 bits per heavy atom. The minimum absolute atomic E-state index is 0.308. The van der Waals surface area contributed by atoms with Crippen molar-refractivity contribution in [2.45, 2.75) is 0 Å². The SMILES string of the molecule is COCC1=CC(=N\O)/C=CC/1=N/O. The van der Waals surface area contributed by atoms with Crippen LogP contribution in [0.1, 0.15) is 0 Å². The highest BCUT2D eigenvalue weighted by atomic mass is 16.5. The van der Waals surface area contributed by atoms with Gasteiger partial charge >= 0.3 is 0 Å². The molecule has 5 heteroatoms. The van der Waals surface area contributed by atoms with Gasteiger partial charge in [0.2, 0.25) is 0 Å². The summed E-state index contributed by atoms with van der Waals surface area (Å²) >= 11 is 0. The Balaban J connectivity index is 2.91. The van der Waals surface area contributed by atoms with Gasteiger partial charge in [0.05, 0.1) is 6.61 Å². The number of rotatable bonds is 2. The number of allylic oxidation sites excluding steroid dienone is 3. The molecule has 0 atom stereocenters. The minimum atomic E-state index is 0.308. The van der Waals surface area contributed by atoms with Crippen LogP contribution in [0.2, 0.25) is 0 Å². The van der Waals surface area contributed by atoms with E-state index >= 15 is 0 Å². The predicted octanol–water partition coefficient (Wildman–Crippen LogP) is 0.789. The molecule has 0 aromatic carbocycles. The minimum Gasteiger partial charge on any atom is -0.410 e. The molecule has 2 N–H and O–H groups in total. The number of nitrogens with zero attached hydrogens (tertiary/aromatic N) is 2. The molecule has 1 aliphatic carbocycles. The van der Waals surface area contributed by atoms with E-state index in [1.165, 1.54) is 13.2 Å². The number of hydrogen-bond acceptors (Lipinski definition) is 5. The zero-order valence-electron chi connectivity index (χ0n) is 7.14. The highest BCUT2D eigenvalue weighted by Gasteiger charge is 2.10. The molecule has 0 fully saturated rings. The molecule has 70 valence electrons. The third kappa shape index (κ3) is 2.16. The van der Waals surface area contributed by atoms with Crippen molar-refractivity contribution >= 4 is 11.4 Å². The summed E-state index contributed by atoms with van der Waals surface area (Å²) in [5.74, 6) is 0. The van der Waals surface area contributed by atoms with E-state index in [-0.39, 0.29) is 0 Å². The molecule has 0 amide bonds. The summed E-state index contributed by atoms with van der Waals surface area (Å²) < 4.78 is 4.88. The van der Waals surface area contributed by atoms with Crippen molar-refractivity contribution in [3.8, 4) is 0 Å². The molecular weight excluding hydrogens is 172 g/mol. The van der Waals surface area contributed by atoms with Crippen LogP contribution in [0.3, 0.4) is 0 Å². The maximum Gasteiger partial charge on any atom is 0.108 e. The first-order valence-electron chi connectivity index (χ1n) is 3.64. The van der Waals surface area contributed by atoms with Crippen molar-refractivity contribution in [1.82, 2.24) is 0 Å². The molecule has 0 bridgehead atoms. The molecule has 0 radical (unpaired) electrons. The van der Waals surface area contributed by atoms with Gasteiger partial charge in [0.15, 0.2) is 0 Å². The summed E-state index contributed by atoms with van der Waals surface area (Å²) in [5.41, 5.74) is 1.48. The third-order valence-electron chi connectivity index (χ3n) is 1.59. The van der Waals surface area contributed by atoms with Crippen molar-refractivity contribution < 1.29 is 15.2 Å². The average Bonchev–Trinajstić information content (AvgIpc) is 2.18. The Kier molecular flexibility index (Phi) is 3.22. The van der Waals surface area contributed by atoms with E-state index in [2.05, 4.69) is 10.3 Å². The number of methoxy groups -OCH3 is 1. The smallest absolute Gasteiger partial charge is 0.108 e. The molecule has 13 heavy (non-hydrogen) atoms. The van der Waals surface area contributed by atoms with Crippen LogP contribution >= 0.6 is 0 Å². The fraction of sp³-hybridized carbons (Fsp3) is 0.250. The summed E-state index contributed by atoms with van der Waals surface area (Å²) in [7, 11) is 1.53. The van der Waals surface area contributed by atoms with Gasteiger partial charge in [0.1, 0.15) is 11.4 Å². The zero-order chi connectivity index (χ0) is 9.68. The molecular formula is C8H10N2O3. The van der Waals surface area contributed by atoms with E-state index in [0.717, 1.165) is 0 Å². The third-order valence-corrected chi connectivity index (χ3v) is 1.59. The molecule has 0 aromatic heterocycles. The highest BCUT2D eigenvalue weighted by Crippen LogP contribution is 2.07. The van der Waals surface area contributed by atoms with Crippen molar-refractivity contribution in [2.24, 2.45) is 10.3 Å². The summed E-state index contributed by atoms with van der Waals surface area (Å²) in [6, 6.07) is 0. The first-order valence-corrected chi connectivity index (χ1v) is 3.64. The van der Waals surface area contributed by atoms with Gasteiger partial charge in [-0.3, -0.25) is 0 Å². The van der Waals surface area contributed by atoms with Gasteiger partial charge < -0.3 is 15.2 Å². The summed E-state index contributed by atoms with van der Waals surface area (Å²) in [6.07, 6.45) is 4.66. The Morgan fingerprint density at radius 3 is 2.62 bits per heavy atom. The van der Waals surface area contributed by atoms with Crippen molar-refractivity contribution in [3.63, 3.8) is 0 Å². The van der Waals surface area contributed by atoms with Crippen LogP contribution in [0.5, 0.6) is 0 Å². The predicted molar refractivity (Wildman–Crippen MR) is 47.5 cm³/mol. The first kappa shape index (κ1) is 9.47. The molecule has 1 aliphatic rings. The fourth-order valence-electron chi connectivity index (χ4n) is 1.00. The maximum absolute atomic E-state index is 8.58. The molecule has 0 unspecified atom stereocenters. The van der Waals surface area contributed by atoms with Crippen LogP contribution in [0.15, 0.2) is 34.1 Å². The average molecular weight is 182 g/mol. The van der Waals surface area contributed by atoms with E-state index < -0.39 is 0 Å². The van der Waals surface area contributed by atoms with Gasteiger partial charge in [-0.1, -0.05) is 10.3 Å². The van der Waals surface area contributed by atoms with E-state index in [0.29, 0.717) is 23.6 Å². The maximum atomic E-state index is 8.58. The second-order valence-electron chi connectivity index (χ2n) is 2.45. The van der Waals surface area contributed by atoms with Crippen molar-refractivity contribution in [2.75, 3.05) is 13.7 Å². The van der Waals surface area contributed by atoms with Gasteiger partial charge in [0.25, 0.3) is 0 Å². The van der Waals surface area contributed by atoms with Crippen LogP contribution in [0, 0.1) is 0 Å². The fourth-order valence-corrected chi connectivity index (χ4v) is 1.00. The quantitative estimate of drug-likeness (QED) is 0.376. The van der Waals surface area contributed by atoms with Crippen molar-refractivity contribution in [1.29, 1.82) is 0 Å². The lowest BCUT2D eigenvalue weighted by Crippen LogP contribution is -2.12. The van der Waals surface area contributed by atoms with E-state index in [1.54, 1.807) is 12.2 Å². The van der Waals surface area contributed by atoms with Crippen LogP contribution in [0.4, 0.5) is 0 Å². The topological polar surface area (TPSA) is 74.4 Å². The number of hydrogen-bond donors (Lipinski definition) is 2. The van der Waals surface area contributed by atoms with Gasteiger partial charge in [-0.2, -0.15) is 0 Å². The summed E-state index contributed by atoms with van der Waals surface area (Å²) in [6.45, 7) is 0.308. The summed E-state index contributed by atoms with van der Waals surface area (Å²) in [5, 5.41) is 23.1. The van der Waals surface area contributed by atoms with Crippen molar-refractivity contribution in [3.05, 3.63) is 23.8 Å². The van der Waals surface area contributed by atoms with E-state index in [4.69, 9.17) is 15.2 Å². The lowest BCUT2D eigenvalue weighted by molar-refractivity contribution is 0.229. The lowest BCUT2D eigenvalue weighted by Gasteiger charge is -2.08. The Morgan fingerprint density at radius 1 is 1.31 bits per heavy atom. The molecule has 0 aromatic rings. The second kappa shape index (κ2) is 4.42. The monoisotopic (exact) mass is 182 g/mol. The molecule has 1 rings (SSSR count). The zero-order valence-corrected chi connectivity index (χ0v) is 7.14. The second-order valence-corrected chi connectivity index (χ2v) is 2.45. The van der Waals surface area contributed by atoms with E-state index in [1.807, 2.05) is 0 Å². The molecule has 0 heterocycles. The molecule has 0 aliphatic heterocycles. The summed E-state index contributed by atoms with van der Waals surface area (Å²) in [4.78, 5) is 0. The highest BCUT2D eigenvalue weighted by molar-refractivity contribution is 6.21. The van der Waals surface area contributed by atoms with Gasteiger partial charge in [0, 0.05) is 12.7 Å². The Bertz CT molecular complexity index is 303. The molecule has 5 nitrogen and oxygen atoms in total. The molecule has 0 saturated heterocycles. The number of oxime groups is 2. The molecule has 0 spiro atoms. The number of ether oxygens (including phenoxy) is 1. The van der Waals surface area contributed by atoms with Gasteiger partial charge in [-0.25, -0.2) is 0 Å². The van der Waals surface area contributed by atoms with E-state index in [9.17, 15) is 0 Å². The Hall–Kier alpha value is -1.62. The van der Waals surface area contributed by atoms with Crippen LogP contribution in [-0.4, -0.2) is 35.6 Å². The standard InChI is InChI=1S/C8H10N2O3/c1-13-5-6-4-7(9-11)2-3-8(6)10-12/h2-4,11-12H,5H2,1H3/b9-7-,10-8-. The largest absolute Gasteiger partial charge is 0.410 e. The normalized spacial score (nSPS) is 22.4.